The van der Waals surface area contributed by atoms with Crippen molar-refractivity contribution in [1.29, 1.82) is 0 Å². The standard InChI is InChI=1S/C58H107NO18/c1-3-5-7-9-11-13-15-16-17-18-19-20-21-22-23-24-26-28-30-32-34-36-46(64)59-41(42(63)35-33-31-29-27-25-14-12-10-8-6-4-2)40-72-56-52(70)49(67)54(44(38-61)74-56)77-58-53(71)50(68)55(45(39-62)75-58)76-57-51(69)48(66)47(65)43(37-60)73-57/h15-16,18-19,41-45,47-58,60-63,65-71H,3-14,17,20-40H2,1-2H3,(H,59,64)/b16-15-,19-18-. The van der Waals surface area contributed by atoms with Gasteiger partial charge in [-0.25, -0.2) is 0 Å². The molecule has 0 aromatic carbocycles. The first-order valence-corrected chi connectivity index (χ1v) is 30.1. The molecule has 0 saturated carbocycles. The van der Waals surface area contributed by atoms with Crippen molar-refractivity contribution >= 4 is 5.91 Å². The van der Waals surface area contributed by atoms with Crippen LogP contribution in [0.25, 0.3) is 0 Å². The molecule has 0 radical (unpaired) electrons. The quantitative estimate of drug-likeness (QED) is 0.0277. The molecule has 12 N–H and O–H groups in total. The SMILES string of the molecule is CCCCCCC/C=C\C/C=C\CCCCCCCCCCCC(=O)NC(COC1OC(CO)C(OC2OC(CO)C(OC3OC(CO)C(O)C(O)C3O)C(O)C2O)C(O)C1O)C(O)CCCCCCCCCCCCC. The highest BCUT2D eigenvalue weighted by atomic mass is 16.8. The second kappa shape index (κ2) is 42.1. The first kappa shape index (κ1) is 69.5. The van der Waals surface area contributed by atoms with Gasteiger partial charge in [-0.15, -0.1) is 0 Å². The van der Waals surface area contributed by atoms with Crippen molar-refractivity contribution in [3.8, 4) is 0 Å². The van der Waals surface area contributed by atoms with Gasteiger partial charge in [0.15, 0.2) is 18.9 Å². The normalized spacial score (nSPS) is 30.8. The number of rotatable bonds is 44. The number of aliphatic hydroxyl groups is 11. The number of carbonyl (C=O) groups excluding carboxylic acids is 1. The van der Waals surface area contributed by atoms with Crippen LogP contribution in [-0.4, -0.2) is 193 Å². The van der Waals surface area contributed by atoms with Crippen LogP contribution >= 0.6 is 0 Å². The zero-order chi connectivity index (χ0) is 56.2. The van der Waals surface area contributed by atoms with Gasteiger partial charge in [0.2, 0.25) is 5.91 Å². The van der Waals surface area contributed by atoms with Gasteiger partial charge in [0.25, 0.3) is 0 Å². The molecule has 3 aliphatic rings. The molecule has 0 aliphatic carbocycles. The van der Waals surface area contributed by atoms with E-state index in [9.17, 15) is 61.0 Å². The fourth-order valence-corrected chi connectivity index (χ4v) is 10.3. The van der Waals surface area contributed by atoms with Crippen molar-refractivity contribution in [3.63, 3.8) is 0 Å². The molecule has 0 bridgehead atoms. The number of hydrogen-bond donors (Lipinski definition) is 12. The molecule has 3 rings (SSSR count). The van der Waals surface area contributed by atoms with Gasteiger partial charge in [0, 0.05) is 6.42 Å². The molecule has 1 amide bonds. The summed E-state index contributed by atoms with van der Waals surface area (Å²) in [6, 6.07) is -0.886. The maximum absolute atomic E-state index is 13.3. The van der Waals surface area contributed by atoms with E-state index in [0.717, 1.165) is 57.8 Å². The smallest absolute Gasteiger partial charge is 0.220 e. The number of carbonyl (C=O) groups is 1. The number of hydrogen-bond acceptors (Lipinski definition) is 18. The number of allylic oxidation sites excluding steroid dienone is 4. The van der Waals surface area contributed by atoms with Crippen LogP contribution in [0.3, 0.4) is 0 Å². The van der Waals surface area contributed by atoms with Crippen molar-refractivity contribution in [1.82, 2.24) is 5.32 Å². The van der Waals surface area contributed by atoms with Gasteiger partial charge in [-0.3, -0.25) is 4.79 Å². The van der Waals surface area contributed by atoms with Gasteiger partial charge in [0.1, 0.15) is 73.2 Å². The van der Waals surface area contributed by atoms with Crippen molar-refractivity contribution in [2.75, 3.05) is 26.4 Å². The molecule has 452 valence electrons. The van der Waals surface area contributed by atoms with Gasteiger partial charge in [-0.2, -0.15) is 0 Å². The second-order valence-electron chi connectivity index (χ2n) is 21.8. The summed E-state index contributed by atoms with van der Waals surface area (Å²) < 4.78 is 34.3. The molecule has 0 spiro atoms. The lowest BCUT2D eigenvalue weighted by molar-refractivity contribution is -0.379. The molecular weight excluding hydrogens is 999 g/mol. The van der Waals surface area contributed by atoms with E-state index < -0.39 is 124 Å². The summed E-state index contributed by atoms with van der Waals surface area (Å²) in [6.07, 6.45) is 15.5. The molecule has 3 heterocycles. The number of amides is 1. The highest BCUT2D eigenvalue weighted by Crippen LogP contribution is 2.33. The van der Waals surface area contributed by atoms with E-state index in [4.69, 9.17) is 28.4 Å². The van der Waals surface area contributed by atoms with E-state index in [1.54, 1.807) is 0 Å². The topological polar surface area (TPSA) is 307 Å². The molecule has 19 nitrogen and oxygen atoms in total. The van der Waals surface area contributed by atoms with Crippen molar-refractivity contribution in [3.05, 3.63) is 24.3 Å². The minimum absolute atomic E-state index is 0.249. The Morgan fingerprint density at radius 1 is 0.468 bits per heavy atom. The Labute approximate surface area is 460 Å². The zero-order valence-electron chi connectivity index (χ0n) is 46.9. The Morgan fingerprint density at radius 3 is 1.32 bits per heavy atom. The van der Waals surface area contributed by atoms with E-state index in [-0.39, 0.29) is 18.9 Å². The molecule has 17 atom stereocenters. The monoisotopic (exact) mass is 1110 g/mol. The predicted molar refractivity (Wildman–Crippen MR) is 291 cm³/mol. The minimum atomic E-state index is -1.97. The first-order chi connectivity index (χ1) is 37.3. The van der Waals surface area contributed by atoms with Crippen LogP contribution < -0.4 is 5.32 Å². The number of ether oxygens (including phenoxy) is 6. The lowest BCUT2D eigenvalue weighted by Gasteiger charge is -2.48. The van der Waals surface area contributed by atoms with E-state index in [1.807, 2.05) is 0 Å². The highest BCUT2D eigenvalue weighted by molar-refractivity contribution is 5.76. The predicted octanol–water partition coefficient (Wildman–Crippen LogP) is 5.15. The van der Waals surface area contributed by atoms with E-state index in [0.29, 0.717) is 12.8 Å². The maximum Gasteiger partial charge on any atom is 0.220 e. The van der Waals surface area contributed by atoms with Crippen molar-refractivity contribution < 1.29 is 89.4 Å². The Hall–Kier alpha value is -1.73. The zero-order valence-corrected chi connectivity index (χ0v) is 46.9. The van der Waals surface area contributed by atoms with Crippen LogP contribution in [-0.2, 0) is 33.2 Å². The number of aliphatic hydroxyl groups excluding tert-OH is 11. The van der Waals surface area contributed by atoms with Crippen LogP contribution in [0.1, 0.15) is 206 Å². The third-order valence-electron chi connectivity index (χ3n) is 15.3. The van der Waals surface area contributed by atoms with Crippen LogP contribution in [0.2, 0.25) is 0 Å². The fraction of sp³-hybridized carbons (Fsp3) is 0.914. The average Bonchev–Trinajstić information content (AvgIpc) is 3.44. The van der Waals surface area contributed by atoms with Crippen LogP contribution in [0.4, 0.5) is 0 Å². The van der Waals surface area contributed by atoms with Crippen LogP contribution in [0.15, 0.2) is 24.3 Å². The number of nitrogens with one attached hydrogen (secondary N) is 1. The lowest BCUT2D eigenvalue weighted by Crippen LogP contribution is -2.66. The molecule has 17 unspecified atom stereocenters. The average molecular weight is 1110 g/mol. The largest absolute Gasteiger partial charge is 0.394 e. The van der Waals surface area contributed by atoms with Crippen LogP contribution in [0, 0.1) is 0 Å². The van der Waals surface area contributed by atoms with E-state index in [2.05, 4.69) is 43.5 Å². The summed E-state index contributed by atoms with van der Waals surface area (Å²) >= 11 is 0. The Bertz CT molecular complexity index is 1510. The Balaban J connectivity index is 1.47. The molecule has 0 aromatic rings. The number of unbranched alkanes of at least 4 members (excludes halogenated alkanes) is 24. The second-order valence-corrected chi connectivity index (χ2v) is 21.8. The molecule has 19 heteroatoms. The summed E-state index contributed by atoms with van der Waals surface area (Å²) in [7, 11) is 0. The third kappa shape index (κ3) is 26.4. The summed E-state index contributed by atoms with van der Waals surface area (Å²) in [5.74, 6) is -0.249. The first-order valence-electron chi connectivity index (χ1n) is 30.1. The van der Waals surface area contributed by atoms with Gasteiger partial charge >= 0.3 is 0 Å². The Kier molecular flexibility index (Phi) is 38.1. The Morgan fingerprint density at radius 2 is 0.857 bits per heavy atom. The van der Waals surface area contributed by atoms with Crippen molar-refractivity contribution in [2.24, 2.45) is 0 Å². The maximum atomic E-state index is 13.3. The summed E-state index contributed by atoms with van der Waals surface area (Å²) in [4.78, 5) is 13.3. The molecule has 3 aliphatic heterocycles. The third-order valence-corrected chi connectivity index (χ3v) is 15.3. The lowest BCUT2D eigenvalue weighted by atomic mass is 9.96. The van der Waals surface area contributed by atoms with Gasteiger partial charge < -0.3 is 89.9 Å². The van der Waals surface area contributed by atoms with Gasteiger partial charge in [0.05, 0.1) is 38.6 Å². The summed E-state index contributed by atoms with van der Waals surface area (Å²) in [6.45, 7) is 1.75. The summed E-state index contributed by atoms with van der Waals surface area (Å²) in [5, 5.41) is 120. The minimum Gasteiger partial charge on any atom is -0.394 e. The molecular formula is C58H107NO18. The summed E-state index contributed by atoms with van der Waals surface area (Å²) in [5.41, 5.74) is 0. The molecule has 0 aromatic heterocycles. The highest BCUT2D eigenvalue weighted by Gasteiger charge is 2.53. The fourth-order valence-electron chi connectivity index (χ4n) is 10.3. The van der Waals surface area contributed by atoms with Crippen LogP contribution in [0.5, 0.6) is 0 Å². The molecule has 77 heavy (non-hydrogen) atoms. The van der Waals surface area contributed by atoms with Gasteiger partial charge in [-0.05, 0) is 44.9 Å². The van der Waals surface area contributed by atoms with E-state index in [1.165, 1.54) is 116 Å². The molecule has 3 fully saturated rings. The molecule has 3 saturated heterocycles. The van der Waals surface area contributed by atoms with Crippen molar-refractivity contribution in [2.45, 2.75) is 311 Å². The van der Waals surface area contributed by atoms with E-state index >= 15 is 0 Å². The van der Waals surface area contributed by atoms with Gasteiger partial charge in [-0.1, -0.05) is 179 Å².